The molecule has 0 spiro atoms. The minimum Gasteiger partial charge on any atom is -0.300 e. The van der Waals surface area contributed by atoms with Crippen LogP contribution in [0.5, 0.6) is 0 Å². The molecular formula is C10H14N2O. The number of aromatic nitrogens is 2. The molecule has 0 aliphatic carbocycles. The summed E-state index contributed by atoms with van der Waals surface area (Å²) in [5.41, 5.74) is 1.80. The summed E-state index contributed by atoms with van der Waals surface area (Å²) < 4.78 is 0. The Labute approximate surface area is 78.2 Å². The number of hydrogen-bond acceptors (Lipinski definition) is 3. The van der Waals surface area contributed by atoms with E-state index in [9.17, 15) is 4.79 Å². The van der Waals surface area contributed by atoms with Crippen LogP contribution in [0, 0.1) is 0 Å². The van der Waals surface area contributed by atoms with Gasteiger partial charge in [0, 0.05) is 12.1 Å². The first-order valence-electron chi connectivity index (χ1n) is 4.40. The molecule has 0 amide bonds. The molecule has 0 radical (unpaired) electrons. The van der Waals surface area contributed by atoms with Gasteiger partial charge < -0.3 is 0 Å². The molecule has 1 aromatic rings. The normalized spacial score (nSPS) is 10.5. The summed E-state index contributed by atoms with van der Waals surface area (Å²) in [6.45, 7) is 5.71. The molecule has 3 heteroatoms. The Morgan fingerprint density at radius 3 is 2.69 bits per heavy atom. The molecule has 0 saturated carbocycles. The van der Waals surface area contributed by atoms with Gasteiger partial charge in [-0.1, -0.05) is 13.8 Å². The highest BCUT2D eigenvalue weighted by atomic mass is 16.1. The maximum Gasteiger partial charge on any atom is 0.135 e. The molecule has 0 aliphatic rings. The third kappa shape index (κ3) is 2.93. The standard InChI is InChI=1S/C10H14N2O/c1-7(2)10-5-9(4-8(3)13)11-6-12-10/h5-7H,4H2,1-3H3. The summed E-state index contributed by atoms with van der Waals surface area (Å²) in [6, 6.07) is 1.89. The smallest absolute Gasteiger partial charge is 0.135 e. The zero-order valence-corrected chi connectivity index (χ0v) is 8.24. The summed E-state index contributed by atoms with van der Waals surface area (Å²) in [6.07, 6.45) is 1.93. The molecule has 0 fully saturated rings. The summed E-state index contributed by atoms with van der Waals surface area (Å²) >= 11 is 0. The predicted octanol–water partition coefficient (Wildman–Crippen LogP) is 1.73. The van der Waals surface area contributed by atoms with Crippen LogP contribution in [0.4, 0.5) is 0 Å². The van der Waals surface area contributed by atoms with Crippen molar-refractivity contribution in [3.8, 4) is 0 Å². The minimum absolute atomic E-state index is 0.133. The highest BCUT2D eigenvalue weighted by molar-refractivity contribution is 5.77. The fourth-order valence-corrected chi connectivity index (χ4v) is 1.08. The van der Waals surface area contributed by atoms with Gasteiger partial charge in [0.25, 0.3) is 0 Å². The maximum absolute atomic E-state index is 10.8. The van der Waals surface area contributed by atoms with Crippen molar-refractivity contribution < 1.29 is 4.79 Å². The monoisotopic (exact) mass is 178 g/mol. The molecule has 0 unspecified atom stereocenters. The van der Waals surface area contributed by atoms with Crippen LogP contribution in [-0.4, -0.2) is 15.8 Å². The molecule has 13 heavy (non-hydrogen) atoms. The van der Waals surface area contributed by atoms with E-state index in [2.05, 4.69) is 23.8 Å². The molecule has 0 bridgehead atoms. The molecule has 0 N–H and O–H groups in total. The summed E-state index contributed by atoms with van der Waals surface area (Å²) in [5, 5.41) is 0. The van der Waals surface area contributed by atoms with Gasteiger partial charge >= 0.3 is 0 Å². The highest BCUT2D eigenvalue weighted by Gasteiger charge is 2.04. The van der Waals surface area contributed by atoms with Crippen LogP contribution in [0.25, 0.3) is 0 Å². The maximum atomic E-state index is 10.8. The predicted molar refractivity (Wildman–Crippen MR) is 50.5 cm³/mol. The molecule has 0 aromatic carbocycles. The molecular weight excluding hydrogens is 164 g/mol. The van der Waals surface area contributed by atoms with E-state index >= 15 is 0 Å². The van der Waals surface area contributed by atoms with E-state index in [1.54, 1.807) is 6.92 Å². The number of carbonyl (C=O) groups is 1. The Balaban J connectivity index is 2.85. The van der Waals surface area contributed by atoms with Crippen LogP contribution >= 0.6 is 0 Å². The minimum atomic E-state index is 0.133. The van der Waals surface area contributed by atoms with Crippen molar-refractivity contribution in [2.45, 2.75) is 33.1 Å². The van der Waals surface area contributed by atoms with Crippen molar-refractivity contribution >= 4 is 5.78 Å². The van der Waals surface area contributed by atoms with Gasteiger partial charge in [-0.15, -0.1) is 0 Å². The first-order valence-corrected chi connectivity index (χ1v) is 4.40. The molecule has 3 nitrogen and oxygen atoms in total. The van der Waals surface area contributed by atoms with Crippen molar-refractivity contribution in [3.63, 3.8) is 0 Å². The van der Waals surface area contributed by atoms with E-state index in [1.807, 2.05) is 6.07 Å². The van der Waals surface area contributed by atoms with Crippen molar-refractivity contribution in [1.82, 2.24) is 9.97 Å². The van der Waals surface area contributed by atoms with E-state index in [0.29, 0.717) is 12.3 Å². The zero-order chi connectivity index (χ0) is 9.84. The Morgan fingerprint density at radius 2 is 2.15 bits per heavy atom. The Hall–Kier alpha value is -1.25. The fraction of sp³-hybridized carbons (Fsp3) is 0.500. The van der Waals surface area contributed by atoms with E-state index < -0.39 is 0 Å². The molecule has 70 valence electrons. The number of ketones is 1. The number of rotatable bonds is 3. The van der Waals surface area contributed by atoms with Crippen molar-refractivity contribution in [3.05, 3.63) is 23.8 Å². The van der Waals surface area contributed by atoms with Gasteiger partial charge in [0.05, 0.1) is 5.69 Å². The van der Waals surface area contributed by atoms with Gasteiger partial charge in [0.1, 0.15) is 12.1 Å². The molecule has 1 heterocycles. The van der Waals surface area contributed by atoms with E-state index in [-0.39, 0.29) is 5.78 Å². The van der Waals surface area contributed by atoms with Gasteiger partial charge in [0.2, 0.25) is 0 Å². The Morgan fingerprint density at radius 1 is 1.46 bits per heavy atom. The number of nitrogens with zero attached hydrogens (tertiary/aromatic N) is 2. The first-order chi connectivity index (χ1) is 6.09. The third-order valence-corrected chi connectivity index (χ3v) is 1.77. The average Bonchev–Trinajstić information content (AvgIpc) is 2.03. The number of hydrogen-bond donors (Lipinski definition) is 0. The molecule has 0 aliphatic heterocycles. The summed E-state index contributed by atoms with van der Waals surface area (Å²) in [7, 11) is 0. The average molecular weight is 178 g/mol. The lowest BCUT2D eigenvalue weighted by Crippen LogP contribution is -2.02. The summed E-state index contributed by atoms with van der Waals surface area (Å²) in [4.78, 5) is 19.0. The molecule has 0 atom stereocenters. The lowest BCUT2D eigenvalue weighted by molar-refractivity contribution is -0.116. The molecule has 1 rings (SSSR count). The quantitative estimate of drug-likeness (QED) is 0.708. The van der Waals surface area contributed by atoms with Gasteiger partial charge in [-0.05, 0) is 18.9 Å². The largest absolute Gasteiger partial charge is 0.300 e. The van der Waals surface area contributed by atoms with Crippen LogP contribution in [0.1, 0.15) is 38.1 Å². The second-order valence-corrected chi connectivity index (χ2v) is 3.47. The SMILES string of the molecule is CC(=O)Cc1cc(C(C)C)ncn1. The summed E-state index contributed by atoms with van der Waals surface area (Å²) in [5.74, 6) is 0.516. The van der Waals surface area contributed by atoms with Crippen LogP contribution in [0.2, 0.25) is 0 Å². The van der Waals surface area contributed by atoms with Crippen LogP contribution in [0.15, 0.2) is 12.4 Å². The molecule has 1 aromatic heterocycles. The van der Waals surface area contributed by atoms with E-state index in [1.165, 1.54) is 6.33 Å². The Bertz CT molecular complexity index is 308. The Kier molecular flexibility index (Phi) is 3.12. The van der Waals surface area contributed by atoms with Gasteiger partial charge in [-0.2, -0.15) is 0 Å². The highest BCUT2D eigenvalue weighted by Crippen LogP contribution is 2.11. The van der Waals surface area contributed by atoms with Gasteiger partial charge in [-0.3, -0.25) is 4.79 Å². The van der Waals surface area contributed by atoms with Crippen LogP contribution in [0.3, 0.4) is 0 Å². The zero-order valence-electron chi connectivity index (χ0n) is 8.24. The topological polar surface area (TPSA) is 42.9 Å². The first kappa shape index (κ1) is 9.84. The number of carbonyl (C=O) groups excluding carboxylic acids is 1. The lowest BCUT2D eigenvalue weighted by atomic mass is 10.1. The fourth-order valence-electron chi connectivity index (χ4n) is 1.08. The van der Waals surface area contributed by atoms with E-state index in [0.717, 1.165) is 11.4 Å². The lowest BCUT2D eigenvalue weighted by Gasteiger charge is -2.04. The van der Waals surface area contributed by atoms with Gasteiger partial charge in [-0.25, -0.2) is 9.97 Å². The third-order valence-electron chi connectivity index (χ3n) is 1.77. The van der Waals surface area contributed by atoms with Crippen LogP contribution < -0.4 is 0 Å². The van der Waals surface area contributed by atoms with E-state index in [4.69, 9.17) is 0 Å². The van der Waals surface area contributed by atoms with Crippen molar-refractivity contribution in [2.24, 2.45) is 0 Å². The molecule has 0 saturated heterocycles. The van der Waals surface area contributed by atoms with Crippen LogP contribution in [-0.2, 0) is 11.2 Å². The second-order valence-electron chi connectivity index (χ2n) is 3.47. The van der Waals surface area contributed by atoms with Crippen molar-refractivity contribution in [2.75, 3.05) is 0 Å². The second kappa shape index (κ2) is 4.12. The van der Waals surface area contributed by atoms with Gasteiger partial charge in [0.15, 0.2) is 0 Å². The number of Topliss-reactive ketones (excluding diaryl/α,β-unsaturated/α-hetero) is 1. The van der Waals surface area contributed by atoms with Crippen molar-refractivity contribution in [1.29, 1.82) is 0 Å².